The van der Waals surface area contributed by atoms with Crippen molar-refractivity contribution in [2.45, 2.75) is 26.7 Å². The Morgan fingerprint density at radius 2 is 2.18 bits per heavy atom. The zero-order valence-electron chi connectivity index (χ0n) is 10.2. The number of carbonyl (C=O) groups is 1. The van der Waals surface area contributed by atoms with E-state index in [0.29, 0.717) is 16.8 Å². The number of nitrogens with zero attached hydrogens (tertiary/aromatic N) is 2. The summed E-state index contributed by atoms with van der Waals surface area (Å²) in [6.45, 7) is 3.91. The van der Waals surface area contributed by atoms with Crippen molar-refractivity contribution in [1.29, 1.82) is 0 Å². The van der Waals surface area contributed by atoms with E-state index in [1.165, 1.54) is 7.11 Å². The minimum absolute atomic E-state index is 0.0657. The van der Waals surface area contributed by atoms with Crippen LogP contribution in [0.15, 0.2) is 0 Å². The summed E-state index contributed by atoms with van der Waals surface area (Å²) in [6.07, 6.45) is 1.70. The second-order valence-electron chi connectivity index (χ2n) is 3.58. The summed E-state index contributed by atoms with van der Waals surface area (Å²) in [6, 6.07) is 0. The molecule has 17 heavy (non-hydrogen) atoms. The van der Waals surface area contributed by atoms with Crippen molar-refractivity contribution in [2.75, 3.05) is 19.0 Å². The van der Waals surface area contributed by atoms with Gasteiger partial charge in [-0.05, 0) is 13.3 Å². The highest BCUT2D eigenvalue weighted by atomic mass is 35.5. The summed E-state index contributed by atoms with van der Waals surface area (Å²) in [5, 5.41) is 3.31. The standard InChI is InChI=1S/C11H16ClN3O2/c1-4-5-8-14-10(12)7(2)11(15-8)13-6-9(16)17-3/h4-6H2,1-3H3,(H,13,14,15). The molecule has 0 atom stereocenters. The molecule has 0 fully saturated rings. The van der Waals surface area contributed by atoms with Crippen molar-refractivity contribution in [3.63, 3.8) is 0 Å². The Kier molecular flexibility index (Phi) is 5.15. The predicted octanol–water partition coefficient (Wildman–Crippen LogP) is 1.98. The fraction of sp³-hybridized carbons (Fsp3) is 0.545. The quantitative estimate of drug-likeness (QED) is 0.645. The van der Waals surface area contributed by atoms with Crippen LogP contribution in [0.4, 0.5) is 5.82 Å². The van der Waals surface area contributed by atoms with Crippen LogP contribution < -0.4 is 5.32 Å². The molecule has 1 aromatic heterocycles. The van der Waals surface area contributed by atoms with Crippen molar-refractivity contribution in [2.24, 2.45) is 0 Å². The molecule has 0 bridgehead atoms. The van der Waals surface area contributed by atoms with Gasteiger partial charge in [0, 0.05) is 12.0 Å². The van der Waals surface area contributed by atoms with Crippen molar-refractivity contribution >= 4 is 23.4 Å². The third-order valence-electron chi connectivity index (χ3n) is 2.23. The van der Waals surface area contributed by atoms with Crippen LogP contribution in [0.5, 0.6) is 0 Å². The van der Waals surface area contributed by atoms with Gasteiger partial charge in [0.25, 0.3) is 0 Å². The molecule has 0 spiro atoms. The predicted molar refractivity (Wildman–Crippen MR) is 66.3 cm³/mol. The first-order valence-electron chi connectivity index (χ1n) is 5.42. The van der Waals surface area contributed by atoms with Gasteiger partial charge < -0.3 is 10.1 Å². The van der Waals surface area contributed by atoms with E-state index in [4.69, 9.17) is 11.6 Å². The molecule has 0 radical (unpaired) electrons. The van der Waals surface area contributed by atoms with Crippen molar-refractivity contribution in [3.05, 3.63) is 16.5 Å². The summed E-state index contributed by atoms with van der Waals surface area (Å²) in [4.78, 5) is 19.5. The molecular weight excluding hydrogens is 242 g/mol. The first-order chi connectivity index (χ1) is 8.08. The maximum atomic E-state index is 11.0. The van der Waals surface area contributed by atoms with E-state index in [0.717, 1.165) is 18.4 Å². The Hall–Kier alpha value is -1.36. The lowest BCUT2D eigenvalue weighted by Crippen LogP contribution is -2.17. The molecule has 0 aliphatic carbocycles. The largest absolute Gasteiger partial charge is 0.468 e. The van der Waals surface area contributed by atoms with Gasteiger partial charge in [0.05, 0.1) is 7.11 Å². The Bertz CT molecular complexity index is 410. The SMILES string of the molecule is CCCc1nc(Cl)c(C)c(NCC(=O)OC)n1. The lowest BCUT2D eigenvalue weighted by atomic mass is 10.3. The molecule has 1 N–H and O–H groups in total. The number of rotatable bonds is 5. The first kappa shape index (κ1) is 13.7. The minimum atomic E-state index is -0.351. The van der Waals surface area contributed by atoms with Gasteiger partial charge in [-0.15, -0.1) is 0 Å². The summed E-state index contributed by atoms with van der Waals surface area (Å²) < 4.78 is 4.54. The number of hydrogen-bond donors (Lipinski definition) is 1. The molecule has 0 aliphatic heterocycles. The van der Waals surface area contributed by atoms with Crippen molar-refractivity contribution in [1.82, 2.24) is 9.97 Å². The number of halogens is 1. The van der Waals surface area contributed by atoms with E-state index in [2.05, 4.69) is 20.0 Å². The van der Waals surface area contributed by atoms with Crippen LogP contribution in [-0.4, -0.2) is 29.6 Å². The lowest BCUT2D eigenvalue weighted by Gasteiger charge is -2.10. The molecule has 0 saturated carbocycles. The third kappa shape index (κ3) is 3.85. The van der Waals surface area contributed by atoms with Gasteiger partial charge in [0.2, 0.25) is 0 Å². The molecule has 1 aromatic rings. The molecule has 0 aromatic carbocycles. The van der Waals surface area contributed by atoms with E-state index in [1.54, 1.807) is 6.92 Å². The fourth-order valence-corrected chi connectivity index (χ4v) is 1.46. The molecule has 0 unspecified atom stereocenters. The molecule has 1 heterocycles. The maximum absolute atomic E-state index is 11.0. The first-order valence-corrected chi connectivity index (χ1v) is 5.80. The molecule has 0 aliphatic rings. The topological polar surface area (TPSA) is 64.1 Å². The number of carbonyl (C=O) groups excluding carboxylic acids is 1. The molecule has 94 valence electrons. The smallest absolute Gasteiger partial charge is 0.325 e. The molecule has 1 rings (SSSR count). The highest BCUT2D eigenvalue weighted by molar-refractivity contribution is 6.30. The molecule has 0 amide bonds. The second-order valence-corrected chi connectivity index (χ2v) is 3.94. The van der Waals surface area contributed by atoms with Gasteiger partial charge in [-0.3, -0.25) is 4.79 Å². The zero-order valence-corrected chi connectivity index (χ0v) is 11.0. The van der Waals surface area contributed by atoms with Crippen LogP contribution in [-0.2, 0) is 16.0 Å². The van der Waals surface area contributed by atoms with E-state index in [9.17, 15) is 4.79 Å². The van der Waals surface area contributed by atoms with E-state index in [-0.39, 0.29) is 12.5 Å². The lowest BCUT2D eigenvalue weighted by molar-refractivity contribution is -0.138. The fourth-order valence-electron chi connectivity index (χ4n) is 1.27. The Morgan fingerprint density at radius 3 is 2.76 bits per heavy atom. The van der Waals surface area contributed by atoms with Crippen LogP contribution in [0.2, 0.25) is 5.15 Å². The van der Waals surface area contributed by atoms with Crippen molar-refractivity contribution in [3.8, 4) is 0 Å². The van der Waals surface area contributed by atoms with Crippen LogP contribution >= 0.6 is 11.6 Å². The van der Waals surface area contributed by atoms with Crippen LogP contribution in [0, 0.1) is 6.92 Å². The number of nitrogens with one attached hydrogen (secondary N) is 1. The van der Waals surface area contributed by atoms with E-state index in [1.807, 2.05) is 6.92 Å². The van der Waals surface area contributed by atoms with E-state index >= 15 is 0 Å². The van der Waals surface area contributed by atoms with Gasteiger partial charge in [-0.2, -0.15) is 0 Å². The Labute approximate surface area is 106 Å². The third-order valence-corrected chi connectivity index (χ3v) is 2.60. The van der Waals surface area contributed by atoms with Gasteiger partial charge in [0.15, 0.2) is 0 Å². The number of esters is 1. The average Bonchev–Trinajstić information content (AvgIpc) is 2.31. The molecule has 0 saturated heterocycles. The number of methoxy groups -OCH3 is 1. The summed E-state index contributed by atoms with van der Waals surface area (Å²) in [7, 11) is 1.34. The number of anilines is 1. The van der Waals surface area contributed by atoms with Crippen molar-refractivity contribution < 1.29 is 9.53 Å². The summed E-state index contributed by atoms with van der Waals surface area (Å²) >= 11 is 6.00. The monoisotopic (exact) mass is 257 g/mol. The van der Waals surface area contributed by atoms with Crippen LogP contribution in [0.1, 0.15) is 24.7 Å². The number of ether oxygens (including phenoxy) is 1. The summed E-state index contributed by atoms with van der Waals surface area (Å²) in [5.74, 6) is 0.908. The van der Waals surface area contributed by atoms with E-state index < -0.39 is 0 Å². The Morgan fingerprint density at radius 1 is 1.47 bits per heavy atom. The van der Waals surface area contributed by atoms with Gasteiger partial charge >= 0.3 is 5.97 Å². The average molecular weight is 258 g/mol. The highest BCUT2D eigenvalue weighted by Crippen LogP contribution is 2.20. The normalized spacial score (nSPS) is 10.1. The molecular formula is C11H16ClN3O2. The summed E-state index contributed by atoms with van der Waals surface area (Å²) in [5.41, 5.74) is 0.732. The van der Waals surface area contributed by atoms with Crippen LogP contribution in [0.3, 0.4) is 0 Å². The van der Waals surface area contributed by atoms with Gasteiger partial charge in [-0.1, -0.05) is 18.5 Å². The Balaban J connectivity index is 2.85. The zero-order chi connectivity index (χ0) is 12.8. The molecule has 5 nitrogen and oxygen atoms in total. The van der Waals surface area contributed by atoms with Crippen LogP contribution in [0.25, 0.3) is 0 Å². The minimum Gasteiger partial charge on any atom is -0.468 e. The number of hydrogen-bond acceptors (Lipinski definition) is 5. The maximum Gasteiger partial charge on any atom is 0.325 e. The van der Waals surface area contributed by atoms with Gasteiger partial charge in [0.1, 0.15) is 23.3 Å². The second kappa shape index (κ2) is 6.39. The number of aromatic nitrogens is 2. The van der Waals surface area contributed by atoms with Gasteiger partial charge in [-0.25, -0.2) is 9.97 Å². The highest BCUT2D eigenvalue weighted by Gasteiger charge is 2.10. The molecule has 6 heteroatoms. The number of aryl methyl sites for hydroxylation is 1.